The third-order valence-electron chi connectivity index (χ3n) is 2.77. The standard InChI is InChI=1S/C11H11NO3/c13-7-5-8(9(6-7)11(14)15)10-3-1-2-4-12-10/h1-4,8-9H,5-6H2,(H,14,15)/t8-,9+/m1/s1. The zero-order valence-corrected chi connectivity index (χ0v) is 8.09. The molecule has 0 unspecified atom stereocenters. The summed E-state index contributed by atoms with van der Waals surface area (Å²) in [6, 6.07) is 5.36. The van der Waals surface area contributed by atoms with Crippen LogP contribution in [0.1, 0.15) is 24.5 Å². The van der Waals surface area contributed by atoms with Gasteiger partial charge in [0.05, 0.1) is 5.92 Å². The predicted molar refractivity (Wildman–Crippen MR) is 52.3 cm³/mol. The van der Waals surface area contributed by atoms with E-state index in [1.54, 1.807) is 18.3 Å². The van der Waals surface area contributed by atoms with Crippen molar-refractivity contribution in [2.24, 2.45) is 5.92 Å². The molecule has 0 aromatic carbocycles. The van der Waals surface area contributed by atoms with Crippen LogP contribution < -0.4 is 0 Å². The number of hydrogen-bond donors (Lipinski definition) is 1. The molecule has 1 saturated carbocycles. The summed E-state index contributed by atoms with van der Waals surface area (Å²) in [5, 5.41) is 8.98. The fourth-order valence-corrected chi connectivity index (χ4v) is 2.02. The molecule has 2 atom stereocenters. The van der Waals surface area contributed by atoms with Crippen LogP contribution in [-0.4, -0.2) is 21.8 Å². The maximum absolute atomic E-state index is 11.3. The van der Waals surface area contributed by atoms with Crippen LogP contribution in [0.15, 0.2) is 24.4 Å². The van der Waals surface area contributed by atoms with Gasteiger partial charge in [-0.2, -0.15) is 0 Å². The zero-order chi connectivity index (χ0) is 10.8. The van der Waals surface area contributed by atoms with Gasteiger partial charge >= 0.3 is 5.97 Å². The van der Waals surface area contributed by atoms with Crippen LogP contribution in [0.5, 0.6) is 0 Å². The number of nitrogens with zero attached hydrogens (tertiary/aromatic N) is 1. The third-order valence-corrected chi connectivity index (χ3v) is 2.77. The van der Waals surface area contributed by atoms with Gasteiger partial charge < -0.3 is 5.11 Å². The molecule has 78 valence electrons. The van der Waals surface area contributed by atoms with Crippen molar-refractivity contribution in [3.05, 3.63) is 30.1 Å². The number of hydrogen-bond acceptors (Lipinski definition) is 3. The molecular formula is C11H11NO3. The van der Waals surface area contributed by atoms with Gasteiger partial charge in [-0.05, 0) is 12.1 Å². The molecule has 15 heavy (non-hydrogen) atoms. The van der Waals surface area contributed by atoms with Crippen LogP contribution in [0.4, 0.5) is 0 Å². The summed E-state index contributed by atoms with van der Waals surface area (Å²) in [5.41, 5.74) is 0.704. The fourth-order valence-electron chi connectivity index (χ4n) is 2.02. The molecule has 1 aromatic heterocycles. The Morgan fingerprint density at radius 2 is 2.20 bits per heavy atom. The van der Waals surface area contributed by atoms with Crippen LogP contribution in [0, 0.1) is 5.92 Å². The van der Waals surface area contributed by atoms with E-state index in [0.717, 1.165) is 0 Å². The summed E-state index contributed by atoms with van der Waals surface area (Å²) < 4.78 is 0. The maximum Gasteiger partial charge on any atom is 0.307 e. The van der Waals surface area contributed by atoms with Crippen molar-refractivity contribution < 1.29 is 14.7 Å². The number of rotatable bonds is 2. The number of pyridine rings is 1. The number of carboxylic acids is 1. The molecule has 1 fully saturated rings. The van der Waals surface area contributed by atoms with Crippen molar-refractivity contribution in [2.75, 3.05) is 0 Å². The second-order valence-electron chi connectivity index (χ2n) is 3.75. The van der Waals surface area contributed by atoms with E-state index in [2.05, 4.69) is 4.98 Å². The number of Topliss-reactive ketones (excluding diaryl/α,β-unsaturated/α-hetero) is 1. The molecule has 1 heterocycles. The highest BCUT2D eigenvalue weighted by atomic mass is 16.4. The average Bonchev–Trinajstić information content (AvgIpc) is 2.62. The van der Waals surface area contributed by atoms with E-state index in [9.17, 15) is 9.59 Å². The molecule has 0 amide bonds. The first-order chi connectivity index (χ1) is 7.18. The van der Waals surface area contributed by atoms with Gasteiger partial charge in [0.2, 0.25) is 0 Å². The number of aliphatic carboxylic acids is 1. The molecule has 2 rings (SSSR count). The van der Waals surface area contributed by atoms with E-state index < -0.39 is 11.9 Å². The molecule has 0 spiro atoms. The summed E-state index contributed by atoms with van der Waals surface area (Å²) in [6.07, 6.45) is 2.06. The Balaban J connectivity index is 2.28. The van der Waals surface area contributed by atoms with Gasteiger partial charge in [0.1, 0.15) is 5.78 Å². The lowest BCUT2D eigenvalue weighted by Crippen LogP contribution is -2.17. The Hall–Kier alpha value is -1.71. The summed E-state index contributed by atoms with van der Waals surface area (Å²) in [4.78, 5) is 26.3. The number of carbonyl (C=O) groups is 2. The van der Waals surface area contributed by atoms with Gasteiger partial charge in [0.25, 0.3) is 0 Å². The lowest BCUT2D eigenvalue weighted by molar-refractivity contribution is -0.142. The molecule has 1 aliphatic rings. The molecule has 0 bridgehead atoms. The van der Waals surface area contributed by atoms with Crippen molar-refractivity contribution in [1.82, 2.24) is 4.98 Å². The monoisotopic (exact) mass is 205 g/mol. The number of aromatic nitrogens is 1. The van der Waals surface area contributed by atoms with E-state index in [4.69, 9.17) is 5.11 Å². The van der Waals surface area contributed by atoms with Gasteiger partial charge in [0, 0.05) is 30.7 Å². The molecule has 1 aromatic rings. The predicted octanol–water partition coefficient (Wildman–Crippen LogP) is 1.23. The highest BCUT2D eigenvalue weighted by molar-refractivity contribution is 5.89. The highest BCUT2D eigenvalue weighted by Gasteiger charge is 2.39. The maximum atomic E-state index is 11.3. The summed E-state index contributed by atoms with van der Waals surface area (Å²) >= 11 is 0. The molecule has 1 aliphatic carbocycles. The van der Waals surface area contributed by atoms with Crippen molar-refractivity contribution in [3.8, 4) is 0 Å². The SMILES string of the molecule is O=C1C[C@H](C(=O)O)[C@H](c2ccccn2)C1. The normalized spacial score (nSPS) is 25.5. The molecule has 0 radical (unpaired) electrons. The van der Waals surface area contributed by atoms with Gasteiger partial charge in [0.15, 0.2) is 0 Å². The van der Waals surface area contributed by atoms with Crippen LogP contribution in [0.3, 0.4) is 0 Å². The lowest BCUT2D eigenvalue weighted by atomic mass is 9.93. The summed E-state index contributed by atoms with van der Waals surface area (Å²) in [5.74, 6) is -1.75. The second-order valence-corrected chi connectivity index (χ2v) is 3.75. The molecule has 0 aliphatic heterocycles. The smallest absolute Gasteiger partial charge is 0.307 e. The first-order valence-electron chi connectivity index (χ1n) is 4.84. The Morgan fingerprint density at radius 3 is 2.80 bits per heavy atom. The molecular weight excluding hydrogens is 194 g/mol. The van der Waals surface area contributed by atoms with Crippen molar-refractivity contribution in [2.45, 2.75) is 18.8 Å². The molecule has 0 saturated heterocycles. The quantitative estimate of drug-likeness (QED) is 0.788. The van der Waals surface area contributed by atoms with Gasteiger partial charge in [-0.25, -0.2) is 0 Å². The minimum absolute atomic E-state index is 0.0121. The van der Waals surface area contributed by atoms with Crippen LogP contribution in [-0.2, 0) is 9.59 Å². The van der Waals surface area contributed by atoms with E-state index >= 15 is 0 Å². The Kier molecular flexibility index (Phi) is 2.49. The Bertz CT molecular complexity index is 388. The van der Waals surface area contributed by atoms with Gasteiger partial charge in [-0.15, -0.1) is 0 Å². The van der Waals surface area contributed by atoms with Gasteiger partial charge in [-0.1, -0.05) is 6.07 Å². The van der Waals surface area contributed by atoms with Crippen molar-refractivity contribution in [1.29, 1.82) is 0 Å². The topological polar surface area (TPSA) is 67.3 Å². The summed E-state index contributed by atoms with van der Waals surface area (Å²) in [7, 11) is 0. The number of carboxylic acid groups (broad SMARTS) is 1. The van der Waals surface area contributed by atoms with Crippen LogP contribution in [0.2, 0.25) is 0 Å². The van der Waals surface area contributed by atoms with Crippen molar-refractivity contribution in [3.63, 3.8) is 0 Å². The van der Waals surface area contributed by atoms with E-state index in [1.165, 1.54) is 0 Å². The molecule has 4 heteroatoms. The summed E-state index contributed by atoms with van der Waals surface area (Å²) in [6.45, 7) is 0. The number of carbonyl (C=O) groups excluding carboxylic acids is 1. The van der Waals surface area contributed by atoms with E-state index in [1.807, 2.05) is 6.07 Å². The van der Waals surface area contributed by atoms with Gasteiger partial charge in [-0.3, -0.25) is 14.6 Å². The first-order valence-corrected chi connectivity index (χ1v) is 4.84. The minimum atomic E-state index is -0.906. The zero-order valence-electron chi connectivity index (χ0n) is 8.09. The first kappa shape index (κ1) is 9.83. The molecule has 4 nitrogen and oxygen atoms in total. The minimum Gasteiger partial charge on any atom is -0.481 e. The largest absolute Gasteiger partial charge is 0.481 e. The third kappa shape index (κ3) is 1.88. The van der Waals surface area contributed by atoms with Crippen LogP contribution >= 0.6 is 0 Å². The number of ketones is 1. The van der Waals surface area contributed by atoms with E-state index in [0.29, 0.717) is 12.1 Å². The Morgan fingerprint density at radius 1 is 1.40 bits per heavy atom. The van der Waals surface area contributed by atoms with Crippen molar-refractivity contribution >= 4 is 11.8 Å². The molecule has 1 N–H and O–H groups in total. The van der Waals surface area contributed by atoms with E-state index in [-0.39, 0.29) is 18.1 Å². The fraction of sp³-hybridized carbons (Fsp3) is 0.364. The lowest BCUT2D eigenvalue weighted by Gasteiger charge is -2.13. The second kappa shape index (κ2) is 3.81. The van der Waals surface area contributed by atoms with Crippen LogP contribution in [0.25, 0.3) is 0 Å². The average molecular weight is 205 g/mol. The highest BCUT2D eigenvalue weighted by Crippen LogP contribution is 2.36. The Labute approximate surface area is 87.0 Å².